The highest BCUT2D eigenvalue weighted by atomic mass is 16.6. The van der Waals surface area contributed by atoms with Crippen molar-refractivity contribution >= 4 is 77.2 Å². The van der Waals surface area contributed by atoms with Gasteiger partial charge in [0.15, 0.2) is 0 Å². The lowest BCUT2D eigenvalue weighted by Gasteiger charge is -2.39. The van der Waals surface area contributed by atoms with E-state index in [0.717, 1.165) is 0 Å². The molecule has 0 saturated heterocycles. The summed E-state index contributed by atoms with van der Waals surface area (Å²) in [7, 11) is 0. The quantitative estimate of drug-likeness (QED) is 0.0110. The standard InChI is InChI=1S/C83H146N6O22/c1-71(2,3)103-62(94)35-44-80(45-36-63(95)104-72(4,5)6,46-37-64(96)105-73(7,8)9)57-58(90)32-47-81(86-59(91)31-29-28-30-56-85-89-84,48-33-60(92)87-82(50-38-65(97)106-74(10,11)12,51-39-66(98)107-75(13,14)15)52-40-67(99)108-76(16,17)18)49-34-61(93)88-83(53-41-68(100)109-77(19,20)21,54-42-69(101)110-78(22,23)24)55-43-70(102)111-79(25,26)27/h28-57H2,1-27H3,(H2,84,85)(H,86,91)(H,87,92)(H,88,93). The number of nitrogens with zero attached hydrogens (tertiary/aromatic N) is 2. The van der Waals surface area contributed by atoms with Crippen LogP contribution in [-0.2, 0) is 105 Å². The van der Waals surface area contributed by atoms with Gasteiger partial charge < -0.3 is 64.4 Å². The Labute approximate surface area is 663 Å². The number of esters is 9. The molecule has 0 aliphatic rings. The molecule has 0 aromatic carbocycles. The molecule has 0 heterocycles. The van der Waals surface area contributed by atoms with Crippen LogP contribution in [0.2, 0.25) is 0 Å². The first-order valence-corrected chi connectivity index (χ1v) is 39.6. The summed E-state index contributed by atoms with van der Waals surface area (Å²) in [5.41, 5.74) is -14.4. The summed E-state index contributed by atoms with van der Waals surface area (Å²) in [6.45, 7) is 46.0. The number of amides is 3. The first-order chi connectivity index (χ1) is 50.2. The average molecular weight is 1580 g/mol. The lowest BCUT2D eigenvalue weighted by atomic mass is 9.70. The van der Waals surface area contributed by atoms with E-state index in [-0.39, 0.29) is 154 Å². The van der Waals surface area contributed by atoms with E-state index in [1.165, 1.54) is 0 Å². The number of carbonyl (C=O) groups excluding carboxylic acids is 13. The van der Waals surface area contributed by atoms with E-state index in [4.69, 9.17) is 48.5 Å². The van der Waals surface area contributed by atoms with Gasteiger partial charge in [0, 0.05) is 107 Å². The molecule has 0 rings (SSSR count). The summed E-state index contributed by atoms with van der Waals surface area (Å²) >= 11 is 0. The summed E-state index contributed by atoms with van der Waals surface area (Å²) in [6.07, 6.45) is -5.01. The first kappa shape index (κ1) is 104. The molecule has 0 atom stereocenters. The third-order valence-corrected chi connectivity index (χ3v) is 16.8. The number of carbonyl (C=O) groups is 13. The van der Waals surface area contributed by atoms with Gasteiger partial charge in [-0.1, -0.05) is 11.6 Å². The molecule has 0 saturated carbocycles. The van der Waals surface area contributed by atoms with Gasteiger partial charge in [-0.15, -0.1) is 0 Å². The molecule has 0 aromatic rings. The third-order valence-electron chi connectivity index (χ3n) is 16.8. The molecule has 0 bridgehead atoms. The van der Waals surface area contributed by atoms with E-state index >= 15 is 14.4 Å². The van der Waals surface area contributed by atoms with Crippen molar-refractivity contribution in [1.29, 1.82) is 0 Å². The van der Waals surface area contributed by atoms with E-state index in [9.17, 15) is 47.9 Å². The van der Waals surface area contributed by atoms with E-state index in [0.29, 0.717) is 19.3 Å². The molecule has 0 aliphatic carbocycles. The second kappa shape index (κ2) is 45.0. The molecule has 111 heavy (non-hydrogen) atoms. The molecule has 3 amide bonds. The largest absolute Gasteiger partial charge is 0.460 e. The molecule has 5 N–H and O–H groups in total. The van der Waals surface area contributed by atoms with Crippen LogP contribution >= 0.6 is 0 Å². The van der Waals surface area contributed by atoms with Crippen LogP contribution in [0.25, 0.3) is 0 Å². The van der Waals surface area contributed by atoms with Gasteiger partial charge in [0.1, 0.15) is 56.2 Å². The number of ether oxygens (including phenoxy) is 9. The number of ketones is 1. The summed E-state index contributed by atoms with van der Waals surface area (Å²) in [5.74, 6) is -2.82. The second-order valence-electron chi connectivity index (χ2n) is 38.8. The highest BCUT2D eigenvalue weighted by Gasteiger charge is 2.43. The Morgan fingerprint density at radius 3 is 0.640 bits per heavy atom. The number of rotatable bonds is 47. The smallest absolute Gasteiger partial charge is 0.306 e. The fourth-order valence-corrected chi connectivity index (χ4v) is 12.4. The van der Waals surface area contributed by atoms with Crippen molar-refractivity contribution < 1.29 is 105 Å². The van der Waals surface area contributed by atoms with Gasteiger partial charge in [-0.3, -0.25) is 62.3 Å². The maximum absolute atomic E-state index is 15.6. The van der Waals surface area contributed by atoms with E-state index in [1.807, 2.05) is 0 Å². The van der Waals surface area contributed by atoms with Crippen LogP contribution in [-0.4, -0.2) is 151 Å². The van der Waals surface area contributed by atoms with Crippen LogP contribution in [0.4, 0.5) is 0 Å². The van der Waals surface area contributed by atoms with Crippen molar-refractivity contribution in [2.45, 2.75) is 440 Å². The van der Waals surface area contributed by atoms with Gasteiger partial charge in [0.25, 0.3) is 0 Å². The zero-order chi connectivity index (χ0) is 86.1. The first-order valence-electron chi connectivity index (χ1n) is 39.6. The van der Waals surface area contributed by atoms with Crippen molar-refractivity contribution in [3.8, 4) is 0 Å². The maximum Gasteiger partial charge on any atom is 0.306 e. The van der Waals surface area contributed by atoms with E-state index in [1.54, 1.807) is 187 Å². The maximum atomic E-state index is 15.6. The zero-order valence-corrected chi connectivity index (χ0v) is 73.2. The molecule has 0 aromatic heterocycles. The Bertz CT molecular complexity index is 2540. The van der Waals surface area contributed by atoms with Gasteiger partial charge in [0.05, 0.1) is 6.54 Å². The van der Waals surface area contributed by atoms with Crippen LogP contribution in [0.3, 0.4) is 0 Å². The minimum absolute atomic E-state index is 0.0524. The van der Waals surface area contributed by atoms with Crippen LogP contribution < -0.4 is 21.8 Å². The molecular formula is C83H146N6O22. The molecule has 0 aliphatic heterocycles. The highest BCUT2D eigenvalue weighted by Crippen LogP contribution is 2.42. The number of hydrogen-bond acceptors (Lipinski definition) is 24. The van der Waals surface area contributed by atoms with Crippen LogP contribution in [0, 0.1) is 5.41 Å². The molecule has 28 heteroatoms. The summed E-state index contributed by atoms with van der Waals surface area (Å²) in [4.78, 5) is 185. The molecule has 28 nitrogen and oxygen atoms in total. The minimum Gasteiger partial charge on any atom is -0.460 e. The van der Waals surface area contributed by atoms with E-state index < -0.39 is 169 Å². The van der Waals surface area contributed by atoms with Gasteiger partial charge in [-0.05, 0) is 282 Å². The lowest BCUT2D eigenvalue weighted by Crippen LogP contribution is -2.53. The predicted octanol–water partition coefficient (Wildman–Crippen LogP) is 14.8. The lowest BCUT2D eigenvalue weighted by molar-refractivity contribution is -0.159. The Kier molecular flexibility index (Phi) is 42.0. The Hall–Kier alpha value is -7.29. The summed E-state index contributed by atoms with van der Waals surface area (Å²) in [5, 5.41) is 16.6. The summed E-state index contributed by atoms with van der Waals surface area (Å²) < 4.78 is 51.6. The molecule has 0 unspecified atom stereocenters. The molecule has 0 spiro atoms. The van der Waals surface area contributed by atoms with Crippen molar-refractivity contribution in [1.82, 2.24) is 16.0 Å². The third kappa shape index (κ3) is 54.9. The van der Waals surface area contributed by atoms with Gasteiger partial charge in [-0.2, -0.15) is 5.11 Å². The Morgan fingerprint density at radius 2 is 0.432 bits per heavy atom. The molecular weight excluding hydrogens is 1430 g/mol. The molecule has 0 radical (unpaired) electrons. The normalized spacial score (nSPS) is 13.1. The van der Waals surface area contributed by atoms with Crippen molar-refractivity contribution in [2.75, 3.05) is 6.54 Å². The number of nitrogens with one attached hydrogen (secondary N) is 3. The van der Waals surface area contributed by atoms with Gasteiger partial charge >= 0.3 is 53.7 Å². The van der Waals surface area contributed by atoms with E-state index in [2.05, 4.69) is 26.3 Å². The van der Waals surface area contributed by atoms with Crippen LogP contribution in [0.15, 0.2) is 10.3 Å². The number of nitrogens with two attached hydrogens (primary N) is 1. The Balaban J connectivity index is 9.30. The highest BCUT2D eigenvalue weighted by molar-refractivity contribution is 5.83. The Morgan fingerprint density at radius 1 is 0.243 bits per heavy atom. The van der Waals surface area contributed by atoms with Crippen LogP contribution in [0.1, 0.15) is 373 Å². The van der Waals surface area contributed by atoms with Crippen molar-refractivity contribution in [3.63, 3.8) is 0 Å². The minimum atomic E-state index is -1.71. The number of unbranched alkanes of at least 4 members (excludes halogenated alkanes) is 2. The number of Topliss-reactive ketones (excluding diaryl/α,β-unsaturated/α-hetero) is 1. The fraction of sp³-hybridized carbons (Fsp3) is 0.843. The van der Waals surface area contributed by atoms with Gasteiger partial charge in [0.2, 0.25) is 17.7 Å². The molecule has 0 fully saturated rings. The second-order valence-corrected chi connectivity index (χ2v) is 38.8. The van der Waals surface area contributed by atoms with Gasteiger partial charge in [-0.25, -0.2) is 0 Å². The topological polar surface area (TPSA) is 392 Å². The average Bonchev–Trinajstić information content (AvgIpc) is 0.830. The number of hydrogen-bond donors (Lipinski definition) is 4. The van der Waals surface area contributed by atoms with Crippen LogP contribution in [0.5, 0.6) is 0 Å². The predicted molar refractivity (Wildman–Crippen MR) is 420 cm³/mol. The van der Waals surface area contributed by atoms with Crippen molar-refractivity contribution in [3.05, 3.63) is 0 Å². The fourth-order valence-electron chi connectivity index (χ4n) is 12.4. The summed E-state index contributed by atoms with van der Waals surface area (Å²) in [6, 6.07) is 0. The monoisotopic (exact) mass is 1580 g/mol. The molecule has 640 valence electrons. The zero-order valence-electron chi connectivity index (χ0n) is 73.2. The van der Waals surface area contributed by atoms with Crippen molar-refractivity contribution in [2.24, 2.45) is 21.6 Å². The SMILES string of the molecule is CC(C)(C)OC(=O)CCC(CCC(=O)OC(C)(C)C)(CCC(=O)OC(C)(C)C)CC(=O)CCC(CCC(=O)NC(CCC(=O)OC(C)(C)C)(CCC(=O)OC(C)(C)C)CCC(=O)OC(C)(C)C)(CCC(=O)NC(CCC(=O)OC(C)(C)C)(CCC(=O)OC(C)(C)C)CCC(=O)OC(C)(C)C)NC(=O)CCCCCN=NN.